The van der Waals surface area contributed by atoms with Crippen molar-refractivity contribution in [3.8, 4) is 17.1 Å². The highest BCUT2D eigenvalue weighted by molar-refractivity contribution is 5.75. The molecule has 0 saturated carbocycles. The molecule has 5 nitrogen and oxygen atoms in total. The Morgan fingerprint density at radius 2 is 2.07 bits per heavy atom. The van der Waals surface area contributed by atoms with Crippen molar-refractivity contribution in [2.45, 2.75) is 0 Å². The van der Waals surface area contributed by atoms with Crippen LogP contribution in [0.15, 0.2) is 41.0 Å². The van der Waals surface area contributed by atoms with Gasteiger partial charge in [0.1, 0.15) is 17.1 Å². The SMILES string of the molecule is O=[N+]([O-])c1cccc(O)c1-c1ccco1. The quantitative estimate of drug-likeness (QED) is 0.603. The highest BCUT2D eigenvalue weighted by Crippen LogP contribution is 2.37. The smallest absolute Gasteiger partial charge is 0.284 e. The molecule has 0 aliphatic heterocycles. The molecule has 2 aromatic rings. The summed E-state index contributed by atoms with van der Waals surface area (Å²) in [6.07, 6.45) is 1.39. The zero-order valence-corrected chi connectivity index (χ0v) is 7.58. The summed E-state index contributed by atoms with van der Waals surface area (Å²) in [6, 6.07) is 7.27. The van der Waals surface area contributed by atoms with Crippen molar-refractivity contribution in [3.05, 3.63) is 46.7 Å². The summed E-state index contributed by atoms with van der Waals surface area (Å²) >= 11 is 0. The van der Waals surface area contributed by atoms with Gasteiger partial charge in [-0.1, -0.05) is 6.07 Å². The second kappa shape index (κ2) is 3.45. The van der Waals surface area contributed by atoms with E-state index in [4.69, 9.17) is 4.42 Å². The standard InChI is InChI=1S/C10H7NO4/c12-8-4-1-3-7(11(13)14)10(8)9-5-2-6-15-9/h1-6,12H. The molecule has 5 heteroatoms. The van der Waals surface area contributed by atoms with Crippen molar-refractivity contribution >= 4 is 5.69 Å². The summed E-state index contributed by atoms with van der Waals surface area (Å²) in [4.78, 5) is 10.2. The number of phenolic OH excluding ortho intramolecular Hbond substituents is 1. The minimum atomic E-state index is -0.558. The van der Waals surface area contributed by atoms with Crippen LogP contribution < -0.4 is 0 Å². The number of hydrogen-bond donors (Lipinski definition) is 1. The van der Waals surface area contributed by atoms with Crippen LogP contribution in [0.25, 0.3) is 11.3 Å². The van der Waals surface area contributed by atoms with Crippen molar-refractivity contribution < 1.29 is 14.4 Å². The lowest BCUT2D eigenvalue weighted by Gasteiger charge is -2.01. The summed E-state index contributed by atoms with van der Waals surface area (Å²) in [7, 11) is 0. The Morgan fingerprint density at radius 1 is 1.27 bits per heavy atom. The zero-order valence-electron chi connectivity index (χ0n) is 7.58. The molecule has 0 amide bonds. The number of phenols is 1. The van der Waals surface area contributed by atoms with E-state index in [1.54, 1.807) is 12.1 Å². The summed E-state index contributed by atoms with van der Waals surface area (Å²) in [5, 5.41) is 20.3. The van der Waals surface area contributed by atoms with E-state index in [1.807, 2.05) is 0 Å². The van der Waals surface area contributed by atoms with Gasteiger partial charge in [0.05, 0.1) is 11.2 Å². The number of benzene rings is 1. The van der Waals surface area contributed by atoms with Crippen molar-refractivity contribution in [1.29, 1.82) is 0 Å². The molecule has 0 spiro atoms. The molecule has 0 bridgehead atoms. The van der Waals surface area contributed by atoms with Crippen LogP contribution in [-0.4, -0.2) is 10.0 Å². The van der Waals surface area contributed by atoms with Gasteiger partial charge in [-0.05, 0) is 18.2 Å². The first-order chi connectivity index (χ1) is 7.20. The molecule has 0 aliphatic rings. The van der Waals surface area contributed by atoms with Crippen LogP contribution in [-0.2, 0) is 0 Å². The van der Waals surface area contributed by atoms with Gasteiger partial charge in [0.2, 0.25) is 0 Å². The molecule has 1 N–H and O–H groups in total. The Kier molecular flexibility index (Phi) is 2.13. The molecule has 2 rings (SSSR count). The summed E-state index contributed by atoms with van der Waals surface area (Å²) < 4.78 is 5.03. The normalized spacial score (nSPS) is 10.1. The van der Waals surface area contributed by atoms with Crippen molar-refractivity contribution in [1.82, 2.24) is 0 Å². The van der Waals surface area contributed by atoms with Crippen molar-refractivity contribution in [2.24, 2.45) is 0 Å². The molecule has 1 aromatic heterocycles. The van der Waals surface area contributed by atoms with E-state index >= 15 is 0 Å². The molecule has 1 aromatic carbocycles. The van der Waals surface area contributed by atoms with Gasteiger partial charge < -0.3 is 9.52 Å². The van der Waals surface area contributed by atoms with Gasteiger partial charge in [0.25, 0.3) is 5.69 Å². The molecular formula is C10H7NO4. The average molecular weight is 205 g/mol. The maximum atomic E-state index is 10.7. The topological polar surface area (TPSA) is 76.5 Å². The van der Waals surface area contributed by atoms with Crippen molar-refractivity contribution in [3.63, 3.8) is 0 Å². The second-order valence-electron chi connectivity index (χ2n) is 2.91. The molecule has 0 unspecified atom stereocenters. The maximum absolute atomic E-state index is 10.7. The largest absolute Gasteiger partial charge is 0.507 e. The molecular weight excluding hydrogens is 198 g/mol. The van der Waals surface area contributed by atoms with E-state index < -0.39 is 4.92 Å². The Balaban J connectivity index is 2.68. The van der Waals surface area contributed by atoms with Gasteiger partial charge in [0, 0.05) is 6.07 Å². The van der Waals surface area contributed by atoms with Gasteiger partial charge in [-0.2, -0.15) is 0 Å². The predicted octanol–water partition coefficient (Wildman–Crippen LogP) is 2.56. The highest BCUT2D eigenvalue weighted by atomic mass is 16.6. The zero-order chi connectivity index (χ0) is 10.8. The molecule has 0 aliphatic carbocycles. The lowest BCUT2D eigenvalue weighted by Crippen LogP contribution is -1.91. The predicted molar refractivity (Wildman–Crippen MR) is 52.5 cm³/mol. The van der Waals surface area contributed by atoms with Crippen LogP contribution in [0.3, 0.4) is 0 Å². The maximum Gasteiger partial charge on any atom is 0.284 e. The van der Waals surface area contributed by atoms with Crippen molar-refractivity contribution in [2.75, 3.05) is 0 Å². The van der Waals surface area contributed by atoms with Gasteiger partial charge in [-0.3, -0.25) is 10.1 Å². The Morgan fingerprint density at radius 3 is 2.67 bits per heavy atom. The van der Waals surface area contributed by atoms with Crippen LogP contribution >= 0.6 is 0 Å². The molecule has 0 atom stereocenters. The van der Waals surface area contributed by atoms with E-state index in [9.17, 15) is 15.2 Å². The fraction of sp³-hybridized carbons (Fsp3) is 0. The molecule has 1 heterocycles. The van der Waals surface area contributed by atoms with E-state index in [0.29, 0.717) is 0 Å². The van der Waals surface area contributed by atoms with E-state index in [1.165, 1.54) is 24.5 Å². The van der Waals surface area contributed by atoms with Gasteiger partial charge >= 0.3 is 0 Å². The van der Waals surface area contributed by atoms with Crippen LogP contribution in [0.2, 0.25) is 0 Å². The van der Waals surface area contributed by atoms with Crippen LogP contribution in [0.4, 0.5) is 5.69 Å². The van der Waals surface area contributed by atoms with Gasteiger partial charge in [-0.25, -0.2) is 0 Å². The van der Waals surface area contributed by atoms with Gasteiger partial charge in [0.15, 0.2) is 0 Å². The fourth-order valence-electron chi connectivity index (χ4n) is 1.35. The summed E-state index contributed by atoms with van der Waals surface area (Å²) in [5.74, 6) is 0.110. The number of hydrogen-bond acceptors (Lipinski definition) is 4. The molecule has 0 saturated heterocycles. The molecule has 76 valence electrons. The number of nitrogens with zero attached hydrogens (tertiary/aromatic N) is 1. The number of rotatable bonds is 2. The first-order valence-corrected chi connectivity index (χ1v) is 4.20. The minimum absolute atomic E-state index is 0.104. The molecule has 15 heavy (non-hydrogen) atoms. The number of aromatic hydroxyl groups is 1. The van der Waals surface area contributed by atoms with E-state index in [2.05, 4.69) is 0 Å². The monoisotopic (exact) mass is 205 g/mol. The van der Waals surface area contributed by atoms with E-state index in [-0.39, 0.29) is 22.8 Å². The number of nitro groups is 1. The Labute approximate surface area is 84.7 Å². The molecule has 0 fully saturated rings. The lowest BCUT2D eigenvalue weighted by molar-refractivity contribution is -0.384. The third-order valence-corrected chi connectivity index (χ3v) is 1.98. The fourth-order valence-corrected chi connectivity index (χ4v) is 1.35. The second-order valence-corrected chi connectivity index (χ2v) is 2.91. The highest BCUT2D eigenvalue weighted by Gasteiger charge is 2.20. The number of nitro benzene ring substituents is 1. The van der Waals surface area contributed by atoms with Gasteiger partial charge in [-0.15, -0.1) is 0 Å². The first-order valence-electron chi connectivity index (χ1n) is 4.20. The number of furan rings is 1. The van der Waals surface area contributed by atoms with E-state index in [0.717, 1.165) is 0 Å². The van der Waals surface area contributed by atoms with Crippen LogP contribution in [0.1, 0.15) is 0 Å². The summed E-state index contributed by atoms with van der Waals surface area (Å²) in [5.41, 5.74) is -0.0718. The first kappa shape index (κ1) is 9.26. The van der Waals surface area contributed by atoms with Crippen LogP contribution in [0.5, 0.6) is 5.75 Å². The third kappa shape index (κ3) is 1.54. The summed E-state index contributed by atoms with van der Waals surface area (Å²) in [6.45, 7) is 0. The molecule has 0 radical (unpaired) electrons. The third-order valence-electron chi connectivity index (χ3n) is 1.98. The Bertz CT molecular complexity index is 490. The Hall–Kier alpha value is -2.30. The average Bonchev–Trinajstić information content (AvgIpc) is 2.70. The lowest BCUT2D eigenvalue weighted by atomic mass is 10.1. The minimum Gasteiger partial charge on any atom is -0.507 e. The van der Waals surface area contributed by atoms with Crippen LogP contribution in [0, 0.1) is 10.1 Å².